The van der Waals surface area contributed by atoms with Gasteiger partial charge in [-0.05, 0) is 19.8 Å². The van der Waals surface area contributed by atoms with Crippen molar-refractivity contribution in [1.82, 2.24) is 0 Å². The fraction of sp³-hybridized carbons (Fsp3) is 0.909. The van der Waals surface area contributed by atoms with Crippen molar-refractivity contribution in [2.75, 3.05) is 0 Å². The zero-order chi connectivity index (χ0) is 11.0. The lowest BCUT2D eigenvalue weighted by Crippen LogP contribution is -2.57. The van der Waals surface area contributed by atoms with Crippen molar-refractivity contribution < 1.29 is 9.90 Å². The summed E-state index contributed by atoms with van der Waals surface area (Å²) < 4.78 is 0. The van der Waals surface area contributed by atoms with Gasteiger partial charge in [0, 0.05) is 12.3 Å². The van der Waals surface area contributed by atoms with Gasteiger partial charge < -0.3 is 5.11 Å². The average Bonchev–Trinajstić information content (AvgIpc) is 2.02. The van der Waals surface area contributed by atoms with Gasteiger partial charge in [0.15, 0.2) is 0 Å². The van der Waals surface area contributed by atoms with Crippen LogP contribution in [0.4, 0.5) is 0 Å². The molecule has 0 aliphatic heterocycles. The second-order valence-corrected chi connectivity index (χ2v) is 11.2. The highest BCUT2D eigenvalue weighted by Gasteiger charge is 2.47. The Labute approximate surface area is 87.7 Å². The minimum Gasteiger partial charge on any atom is -0.393 e. The Bertz CT molecular complexity index is 228. The van der Waals surface area contributed by atoms with E-state index in [2.05, 4.69) is 19.6 Å². The van der Waals surface area contributed by atoms with Crippen LogP contribution in [0, 0.1) is 5.92 Å². The van der Waals surface area contributed by atoms with Crippen LogP contribution in [0.1, 0.15) is 32.6 Å². The van der Waals surface area contributed by atoms with Gasteiger partial charge in [0.05, 0.1) is 13.3 Å². The number of aliphatic hydroxyl groups is 1. The number of Topliss-reactive ketones (excluding diaryl/α,β-unsaturated/α-hetero) is 1. The van der Waals surface area contributed by atoms with Crippen LogP contribution < -0.4 is 0 Å². The van der Waals surface area contributed by atoms with E-state index in [9.17, 15) is 9.90 Å². The molecule has 1 aliphatic carbocycles. The van der Waals surface area contributed by atoms with Crippen molar-refractivity contribution in [2.24, 2.45) is 5.92 Å². The molecule has 0 unspecified atom stereocenters. The molecule has 1 rings (SSSR count). The molecule has 3 heteroatoms. The number of ketones is 1. The van der Waals surface area contributed by atoms with Gasteiger partial charge >= 0.3 is 0 Å². The first-order valence-electron chi connectivity index (χ1n) is 5.52. The van der Waals surface area contributed by atoms with Crippen molar-refractivity contribution in [2.45, 2.75) is 57.5 Å². The van der Waals surface area contributed by atoms with Gasteiger partial charge in [-0.15, -0.1) is 0 Å². The van der Waals surface area contributed by atoms with Crippen LogP contribution in [0.15, 0.2) is 0 Å². The summed E-state index contributed by atoms with van der Waals surface area (Å²) in [5.41, 5.74) is 0. The molecule has 0 aromatic heterocycles. The fourth-order valence-electron chi connectivity index (χ4n) is 2.10. The molecule has 1 aliphatic rings. The van der Waals surface area contributed by atoms with E-state index >= 15 is 0 Å². The monoisotopic (exact) mass is 214 g/mol. The first-order valence-corrected chi connectivity index (χ1v) is 9.02. The summed E-state index contributed by atoms with van der Waals surface area (Å²) in [4.78, 5) is 11.7. The molecule has 0 heterocycles. The van der Waals surface area contributed by atoms with E-state index in [1.165, 1.54) is 0 Å². The number of carbonyl (C=O) groups excluding carboxylic acids is 1. The molecular weight excluding hydrogens is 192 g/mol. The molecule has 0 aromatic carbocycles. The van der Waals surface area contributed by atoms with E-state index in [1.807, 2.05) is 6.92 Å². The summed E-state index contributed by atoms with van der Waals surface area (Å²) in [5, 5.41) is 9.76. The highest BCUT2D eigenvalue weighted by molar-refractivity contribution is 6.79. The molecule has 2 nitrogen and oxygen atoms in total. The van der Waals surface area contributed by atoms with E-state index in [4.69, 9.17) is 0 Å². The van der Waals surface area contributed by atoms with E-state index in [1.54, 1.807) is 0 Å². The van der Waals surface area contributed by atoms with Crippen LogP contribution in [0.25, 0.3) is 0 Å². The van der Waals surface area contributed by atoms with E-state index < -0.39 is 13.3 Å². The first kappa shape index (κ1) is 11.9. The number of hydrogen-bond donors (Lipinski definition) is 1. The Morgan fingerprint density at radius 3 is 2.36 bits per heavy atom. The summed E-state index contributed by atoms with van der Waals surface area (Å²) in [6, 6.07) is 0. The summed E-state index contributed by atoms with van der Waals surface area (Å²) in [6.07, 6.45) is 3.66. The average molecular weight is 214 g/mol. The van der Waals surface area contributed by atoms with Gasteiger partial charge in [-0.1, -0.05) is 26.1 Å². The topological polar surface area (TPSA) is 37.3 Å². The largest absolute Gasteiger partial charge is 0.393 e. The number of rotatable bonds is 2. The second kappa shape index (κ2) is 3.78. The molecule has 82 valence electrons. The number of carbonyl (C=O) groups is 1. The van der Waals surface area contributed by atoms with Crippen molar-refractivity contribution in [3.63, 3.8) is 0 Å². The quantitative estimate of drug-likeness (QED) is 0.717. The molecule has 0 aromatic rings. The molecule has 0 spiro atoms. The maximum absolute atomic E-state index is 11.7. The zero-order valence-corrected chi connectivity index (χ0v) is 10.8. The molecule has 2 atom stereocenters. The minimum atomic E-state index is -1.68. The van der Waals surface area contributed by atoms with Crippen LogP contribution >= 0.6 is 0 Å². The molecule has 14 heavy (non-hydrogen) atoms. The van der Waals surface area contributed by atoms with E-state index in [0.717, 1.165) is 19.3 Å². The highest BCUT2D eigenvalue weighted by atomic mass is 28.3. The third kappa shape index (κ3) is 2.09. The van der Waals surface area contributed by atoms with E-state index in [-0.39, 0.29) is 11.7 Å². The lowest BCUT2D eigenvalue weighted by atomic mass is 9.84. The van der Waals surface area contributed by atoms with Crippen LogP contribution in [0.5, 0.6) is 0 Å². The van der Waals surface area contributed by atoms with Crippen LogP contribution in [0.2, 0.25) is 19.6 Å². The minimum absolute atomic E-state index is 0.0945. The third-order valence-electron chi connectivity index (χ3n) is 3.75. The van der Waals surface area contributed by atoms with Gasteiger partial charge in [-0.2, -0.15) is 0 Å². The Morgan fingerprint density at radius 2 is 1.93 bits per heavy atom. The fourth-order valence-corrected chi connectivity index (χ4v) is 3.45. The van der Waals surface area contributed by atoms with Gasteiger partial charge in [-0.3, -0.25) is 4.79 Å². The molecular formula is C11H22O2Si. The molecule has 1 N–H and O–H groups in total. The summed E-state index contributed by atoms with van der Waals surface area (Å²) >= 11 is 0. The highest BCUT2D eigenvalue weighted by Crippen LogP contribution is 2.35. The Balaban J connectivity index is 2.85. The standard InChI is InChI=1S/C11H22O2Si/c1-11(13,14(2,3)4)9-7-5-6-8-10(9)12/h9,13H,5-8H2,1-4H3/t9-,11-/m0/s1. The molecule has 0 bridgehead atoms. The predicted molar refractivity (Wildman–Crippen MR) is 60.9 cm³/mol. The summed E-state index contributed by atoms with van der Waals surface area (Å²) in [6.45, 7) is 8.27. The molecule has 1 fully saturated rings. The van der Waals surface area contributed by atoms with Gasteiger partial charge in [0.1, 0.15) is 5.78 Å². The predicted octanol–water partition coefficient (Wildman–Crippen LogP) is 2.37. The maximum atomic E-state index is 11.7. The maximum Gasteiger partial charge on any atom is 0.138 e. The lowest BCUT2D eigenvalue weighted by molar-refractivity contribution is -0.130. The smallest absolute Gasteiger partial charge is 0.138 e. The number of hydrogen-bond acceptors (Lipinski definition) is 2. The van der Waals surface area contributed by atoms with Crippen molar-refractivity contribution in [1.29, 1.82) is 0 Å². The van der Waals surface area contributed by atoms with Crippen molar-refractivity contribution in [3.8, 4) is 0 Å². The summed E-state index contributed by atoms with van der Waals surface area (Å²) in [7, 11) is -1.68. The second-order valence-electron chi connectivity index (χ2n) is 5.66. The normalized spacial score (nSPS) is 28.6. The first-order chi connectivity index (χ1) is 6.27. The SMILES string of the molecule is C[C@@](O)([C@H]1CCCCC1=O)[Si](C)(C)C. The van der Waals surface area contributed by atoms with Gasteiger partial charge in [0.25, 0.3) is 0 Å². The molecule has 0 radical (unpaired) electrons. The zero-order valence-electron chi connectivity index (χ0n) is 9.76. The van der Waals surface area contributed by atoms with Crippen LogP contribution in [-0.2, 0) is 4.79 Å². The van der Waals surface area contributed by atoms with Crippen LogP contribution in [0.3, 0.4) is 0 Å². The lowest BCUT2D eigenvalue weighted by Gasteiger charge is -2.42. The summed E-state index contributed by atoms with van der Waals surface area (Å²) in [5.74, 6) is 0.187. The Kier molecular flexibility index (Phi) is 3.22. The Hall–Kier alpha value is -0.153. The van der Waals surface area contributed by atoms with Gasteiger partial charge in [0.2, 0.25) is 0 Å². The van der Waals surface area contributed by atoms with E-state index in [0.29, 0.717) is 6.42 Å². The molecule has 1 saturated carbocycles. The van der Waals surface area contributed by atoms with Crippen molar-refractivity contribution >= 4 is 13.9 Å². The Morgan fingerprint density at radius 1 is 1.36 bits per heavy atom. The van der Waals surface area contributed by atoms with Crippen molar-refractivity contribution in [3.05, 3.63) is 0 Å². The van der Waals surface area contributed by atoms with Gasteiger partial charge in [-0.25, -0.2) is 0 Å². The molecule has 0 amide bonds. The third-order valence-corrected chi connectivity index (χ3v) is 7.14. The van der Waals surface area contributed by atoms with Crippen LogP contribution in [-0.4, -0.2) is 24.2 Å². The molecule has 0 saturated heterocycles.